The third-order valence-corrected chi connectivity index (χ3v) is 4.58. The van der Waals surface area contributed by atoms with E-state index in [0.717, 1.165) is 28.3 Å². The van der Waals surface area contributed by atoms with Gasteiger partial charge in [0.2, 0.25) is 0 Å². The van der Waals surface area contributed by atoms with Gasteiger partial charge in [-0.25, -0.2) is 0 Å². The summed E-state index contributed by atoms with van der Waals surface area (Å²) in [7, 11) is 0. The van der Waals surface area contributed by atoms with Crippen LogP contribution >= 0.6 is 0 Å². The van der Waals surface area contributed by atoms with Gasteiger partial charge in [-0.1, -0.05) is 85.5 Å². The first-order valence-electron chi connectivity index (χ1n) is 9.33. The molecule has 4 aromatic carbocycles. The van der Waals surface area contributed by atoms with Gasteiger partial charge in [0, 0.05) is 28.1 Å². The molecule has 2 nitrogen and oxygen atoms in total. The monoisotopic (exact) mass is 362 g/mol. The van der Waals surface area contributed by atoms with Crippen molar-refractivity contribution in [2.75, 3.05) is 10.6 Å². The van der Waals surface area contributed by atoms with E-state index in [1.807, 2.05) is 30.3 Å². The smallest absolute Gasteiger partial charge is 0.0463 e. The molecule has 0 aliphatic rings. The van der Waals surface area contributed by atoms with E-state index in [4.69, 9.17) is 0 Å². The van der Waals surface area contributed by atoms with Crippen LogP contribution in [0.2, 0.25) is 0 Å². The highest BCUT2D eigenvalue weighted by atomic mass is 14.9. The summed E-state index contributed by atoms with van der Waals surface area (Å²) < 4.78 is 0. The molecule has 0 saturated carbocycles. The second-order valence-electron chi connectivity index (χ2n) is 6.54. The highest BCUT2D eigenvalue weighted by Gasteiger charge is 2.04. The van der Waals surface area contributed by atoms with Crippen LogP contribution in [0.25, 0.3) is 16.5 Å². The summed E-state index contributed by atoms with van der Waals surface area (Å²) in [5, 5.41) is 9.49. The highest BCUT2D eigenvalue weighted by Crippen LogP contribution is 2.28. The SMILES string of the molecule is C=C/C=C(/Nc1cccc(Nc2cccc3ccccc23)c1)c1ccccc1. The van der Waals surface area contributed by atoms with E-state index < -0.39 is 0 Å². The third-order valence-electron chi connectivity index (χ3n) is 4.58. The lowest BCUT2D eigenvalue weighted by atomic mass is 10.1. The summed E-state index contributed by atoms with van der Waals surface area (Å²) in [4.78, 5) is 0. The summed E-state index contributed by atoms with van der Waals surface area (Å²) in [6, 6.07) is 33.3. The number of hydrogen-bond donors (Lipinski definition) is 2. The quantitative estimate of drug-likeness (QED) is 0.354. The molecule has 0 spiro atoms. The van der Waals surface area contributed by atoms with Crippen molar-refractivity contribution in [1.29, 1.82) is 0 Å². The van der Waals surface area contributed by atoms with Gasteiger partial charge in [-0.15, -0.1) is 0 Å². The first kappa shape index (κ1) is 17.6. The Balaban J connectivity index is 1.61. The van der Waals surface area contributed by atoms with Gasteiger partial charge in [0.05, 0.1) is 0 Å². The van der Waals surface area contributed by atoms with E-state index in [1.165, 1.54) is 10.8 Å². The summed E-state index contributed by atoms with van der Waals surface area (Å²) >= 11 is 0. The summed E-state index contributed by atoms with van der Waals surface area (Å²) in [5.74, 6) is 0. The molecule has 4 rings (SSSR count). The van der Waals surface area contributed by atoms with Gasteiger partial charge in [-0.05, 0) is 41.3 Å². The predicted octanol–water partition coefficient (Wildman–Crippen LogP) is 7.22. The predicted molar refractivity (Wildman–Crippen MR) is 122 cm³/mol. The molecule has 0 amide bonds. The lowest BCUT2D eigenvalue weighted by Gasteiger charge is -2.14. The maximum atomic E-state index is 3.84. The van der Waals surface area contributed by atoms with Gasteiger partial charge in [0.1, 0.15) is 0 Å². The lowest BCUT2D eigenvalue weighted by molar-refractivity contribution is 1.51. The summed E-state index contributed by atoms with van der Waals surface area (Å²) in [6.45, 7) is 3.84. The molecule has 0 aliphatic heterocycles. The molecule has 2 heteroatoms. The molecule has 28 heavy (non-hydrogen) atoms. The Bertz CT molecular complexity index is 1120. The maximum Gasteiger partial charge on any atom is 0.0463 e. The molecule has 0 bridgehead atoms. The molecule has 0 aromatic heterocycles. The standard InChI is InChI=1S/C26H22N2/c1-2-10-25(21-12-4-3-5-13-21)27-22-15-9-16-23(19-22)28-26-18-8-14-20-11-6-7-17-24(20)26/h2-19,27-28H,1H2/b25-10+. The Morgan fingerprint density at radius 1 is 0.714 bits per heavy atom. The molecular formula is C26H22N2. The zero-order valence-corrected chi connectivity index (χ0v) is 15.6. The summed E-state index contributed by atoms with van der Waals surface area (Å²) in [5.41, 5.74) is 5.28. The van der Waals surface area contributed by atoms with Crippen molar-refractivity contribution in [3.05, 3.63) is 121 Å². The number of nitrogens with one attached hydrogen (secondary N) is 2. The van der Waals surface area contributed by atoms with Gasteiger partial charge in [0.15, 0.2) is 0 Å². The zero-order chi connectivity index (χ0) is 19.2. The average molecular weight is 362 g/mol. The normalized spacial score (nSPS) is 11.2. The number of hydrogen-bond acceptors (Lipinski definition) is 2. The maximum absolute atomic E-state index is 3.84. The Labute approximate surface area is 165 Å². The van der Waals surface area contributed by atoms with Crippen LogP contribution in [0.3, 0.4) is 0 Å². The van der Waals surface area contributed by atoms with Gasteiger partial charge < -0.3 is 10.6 Å². The molecule has 0 atom stereocenters. The Morgan fingerprint density at radius 3 is 2.29 bits per heavy atom. The minimum absolute atomic E-state index is 1.01. The Hall–Kier alpha value is -3.78. The number of fused-ring (bicyclic) bond motifs is 1. The van der Waals surface area contributed by atoms with Crippen LogP contribution in [-0.2, 0) is 0 Å². The van der Waals surface area contributed by atoms with Crippen molar-refractivity contribution in [1.82, 2.24) is 0 Å². The fourth-order valence-electron chi connectivity index (χ4n) is 3.27. The lowest BCUT2D eigenvalue weighted by Crippen LogP contribution is -1.99. The molecule has 0 aliphatic carbocycles. The van der Waals surface area contributed by atoms with E-state index >= 15 is 0 Å². The number of benzene rings is 4. The van der Waals surface area contributed by atoms with E-state index in [1.54, 1.807) is 6.08 Å². The van der Waals surface area contributed by atoms with Crippen LogP contribution in [0.1, 0.15) is 5.56 Å². The molecule has 0 heterocycles. The van der Waals surface area contributed by atoms with Crippen molar-refractivity contribution in [2.24, 2.45) is 0 Å². The van der Waals surface area contributed by atoms with Crippen molar-refractivity contribution >= 4 is 33.5 Å². The molecule has 0 radical (unpaired) electrons. The highest BCUT2D eigenvalue weighted by molar-refractivity contribution is 5.95. The first-order chi connectivity index (χ1) is 13.8. The summed E-state index contributed by atoms with van der Waals surface area (Å²) in [6.07, 6.45) is 3.79. The zero-order valence-electron chi connectivity index (χ0n) is 15.6. The first-order valence-corrected chi connectivity index (χ1v) is 9.33. The van der Waals surface area contributed by atoms with Crippen molar-refractivity contribution in [2.45, 2.75) is 0 Å². The van der Waals surface area contributed by atoms with Crippen LogP contribution in [0.5, 0.6) is 0 Å². The molecule has 0 fully saturated rings. The molecular weight excluding hydrogens is 340 g/mol. The van der Waals surface area contributed by atoms with Gasteiger partial charge in [-0.2, -0.15) is 0 Å². The van der Waals surface area contributed by atoms with Crippen molar-refractivity contribution < 1.29 is 0 Å². The van der Waals surface area contributed by atoms with Crippen LogP contribution < -0.4 is 10.6 Å². The van der Waals surface area contributed by atoms with Crippen LogP contribution in [0.4, 0.5) is 17.1 Å². The van der Waals surface area contributed by atoms with Crippen molar-refractivity contribution in [3.63, 3.8) is 0 Å². The number of allylic oxidation sites excluding steroid dienone is 2. The minimum Gasteiger partial charge on any atom is -0.355 e. The average Bonchev–Trinajstić information content (AvgIpc) is 2.75. The molecule has 0 unspecified atom stereocenters. The van der Waals surface area contributed by atoms with Gasteiger partial charge in [-0.3, -0.25) is 0 Å². The fourth-order valence-corrected chi connectivity index (χ4v) is 3.27. The van der Waals surface area contributed by atoms with Gasteiger partial charge >= 0.3 is 0 Å². The van der Waals surface area contributed by atoms with Crippen LogP contribution in [-0.4, -0.2) is 0 Å². The van der Waals surface area contributed by atoms with Crippen LogP contribution in [0.15, 0.2) is 116 Å². The van der Waals surface area contributed by atoms with E-state index in [9.17, 15) is 0 Å². The topological polar surface area (TPSA) is 24.1 Å². The second-order valence-corrected chi connectivity index (χ2v) is 6.54. The minimum atomic E-state index is 1.01. The van der Waals surface area contributed by atoms with Gasteiger partial charge in [0.25, 0.3) is 0 Å². The fraction of sp³-hybridized carbons (Fsp3) is 0. The number of anilines is 3. The molecule has 4 aromatic rings. The Morgan fingerprint density at radius 2 is 1.43 bits per heavy atom. The molecule has 136 valence electrons. The Kier molecular flexibility index (Phi) is 5.21. The second kappa shape index (κ2) is 8.28. The largest absolute Gasteiger partial charge is 0.355 e. The molecule has 0 saturated heterocycles. The van der Waals surface area contributed by atoms with Crippen LogP contribution in [0, 0.1) is 0 Å². The molecule has 2 N–H and O–H groups in total. The third kappa shape index (κ3) is 3.97. The van der Waals surface area contributed by atoms with Crippen molar-refractivity contribution in [3.8, 4) is 0 Å². The van der Waals surface area contributed by atoms with E-state index in [0.29, 0.717) is 0 Å². The van der Waals surface area contributed by atoms with E-state index in [2.05, 4.69) is 90.0 Å². The van der Waals surface area contributed by atoms with E-state index in [-0.39, 0.29) is 0 Å². The number of rotatable bonds is 6.